The normalized spacial score (nSPS) is 16.5. The van der Waals surface area contributed by atoms with E-state index in [9.17, 15) is 4.79 Å². The van der Waals surface area contributed by atoms with Gasteiger partial charge in [0.15, 0.2) is 11.5 Å². The minimum absolute atomic E-state index is 0.120. The molecule has 2 aliphatic heterocycles. The molecule has 1 fully saturated rings. The molecule has 1 atom stereocenters. The number of hydrogen-bond acceptors (Lipinski definition) is 7. The fraction of sp³-hybridized carbons (Fsp3) is 0.357. The molecular formula is C28H31N3O5. The van der Waals surface area contributed by atoms with Crippen molar-refractivity contribution in [1.29, 1.82) is 0 Å². The number of fused-ring (bicyclic) bond motifs is 1. The topological polar surface area (TPSA) is 90.9 Å². The van der Waals surface area contributed by atoms with E-state index in [0.717, 1.165) is 45.7 Å². The predicted octanol–water partition coefficient (Wildman–Crippen LogP) is 3.78. The van der Waals surface area contributed by atoms with Crippen molar-refractivity contribution >= 4 is 5.91 Å². The van der Waals surface area contributed by atoms with Crippen LogP contribution < -0.4 is 29.6 Å². The molecule has 1 aromatic heterocycles. The van der Waals surface area contributed by atoms with Crippen LogP contribution in [0.1, 0.15) is 29.5 Å². The molecule has 1 amide bonds. The molecule has 0 saturated carbocycles. The zero-order chi connectivity index (χ0) is 24.9. The fourth-order valence-electron chi connectivity index (χ4n) is 4.57. The summed E-state index contributed by atoms with van der Waals surface area (Å²) in [6, 6.07) is 16.2. The van der Waals surface area contributed by atoms with Crippen LogP contribution in [0.2, 0.25) is 0 Å². The van der Waals surface area contributed by atoms with Crippen molar-refractivity contribution in [2.75, 3.05) is 26.9 Å². The number of amides is 1. The highest BCUT2D eigenvalue weighted by atomic mass is 16.6. The number of benzene rings is 2. The molecule has 0 unspecified atom stereocenters. The molecule has 2 aromatic carbocycles. The Morgan fingerprint density at radius 1 is 1.08 bits per heavy atom. The van der Waals surface area contributed by atoms with Gasteiger partial charge in [-0.15, -0.1) is 0 Å². The number of carbonyl (C=O) groups is 1. The summed E-state index contributed by atoms with van der Waals surface area (Å²) < 4.78 is 23.0. The molecule has 8 heteroatoms. The highest BCUT2D eigenvalue weighted by molar-refractivity contribution is 5.78. The van der Waals surface area contributed by atoms with Crippen LogP contribution in [0.25, 0.3) is 11.1 Å². The average molecular weight is 490 g/mol. The van der Waals surface area contributed by atoms with E-state index in [-0.39, 0.29) is 11.9 Å². The van der Waals surface area contributed by atoms with Gasteiger partial charge in [-0.25, -0.2) is 0 Å². The molecule has 2 aliphatic rings. The molecular weight excluding hydrogens is 458 g/mol. The number of methoxy groups -OCH3 is 1. The Morgan fingerprint density at radius 2 is 1.94 bits per heavy atom. The maximum absolute atomic E-state index is 11.4. The molecule has 188 valence electrons. The van der Waals surface area contributed by atoms with E-state index in [2.05, 4.69) is 40.7 Å². The van der Waals surface area contributed by atoms with E-state index in [1.165, 1.54) is 0 Å². The van der Waals surface area contributed by atoms with Crippen LogP contribution in [0, 0.1) is 6.92 Å². The summed E-state index contributed by atoms with van der Waals surface area (Å²) in [6.07, 6.45) is 1.46. The molecule has 8 nitrogen and oxygen atoms in total. The van der Waals surface area contributed by atoms with Crippen LogP contribution in [0.5, 0.6) is 23.3 Å². The first-order valence-corrected chi connectivity index (χ1v) is 12.3. The first-order chi connectivity index (χ1) is 17.6. The Labute approximate surface area is 210 Å². The third-order valence-corrected chi connectivity index (χ3v) is 6.57. The van der Waals surface area contributed by atoms with E-state index in [4.69, 9.17) is 18.9 Å². The van der Waals surface area contributed by atoms with Crippen molar-refractivity contribution in [1.82, 2.24) is 15.6 Å². The molecule has 0 aliphatic carbocycles. The van der Waals surface area contributed by atoms with E-state index in [1.54, 1.807) is 7.11 Å². The Balaban J connectivity index is 1.23. The van der Waals surface area contributed by atoms with E-state index in [1.807, 2.05) is 30.3 Å². The number of nitrogens with one attached hydrogen (secondary N) is 2. The number of nitrogens with zero attached hydrogens (tertiary/aromatic N) is 1. The minimum atomic E-state index is 0.120. The molecule has 36 heavy (non-hydrogen) atoms. The van der Waals surface area contributed by atoms with Crippen LogP contribution in [0.15, 0.2) is 48.5 Å². The summed E-state index contributed by atoms with van der Waals surface area (Å²) in [5, 5.41) is 6.33. The number of hydrogen-bond donors (Lipinski definition) is 2. The second-order valence-electron chi connectivity index (χ2n) is 8.99. The van der Waals surface area contributed by atoms with Gasteiger partial charge < -0.3 is 29.6 Å². The monoisotopic (exact) mass is 489 g/mol. The molecule has 5 rings (SSSR count). The Kier molecular flexibility index (Phi) is 7.23. The standard InChI is InChI=1S/C28H31N3O5/c1-18-21(4-3-5-23(18)19-6-9-24-25(14-19)35-13-12-34-24)17-36-27-11-7-20(28(31-27)33-2)15-29-16-22-8-10-26(32)30-22/h3-7,9,11,14,22,29H,8,10,12-13,15-17H2,1-2H3,(H,30,32)/t22-/m0/s1. The van der Waals surface area contributed by atoms with Gasteiger partial charge in [-0.3, -0.25) is 4.79 Å². The lowest BCUT2D eigenvalue weighted by molar-refractivity contribution is -0.119. The van der Waals surface area contributed by atoms with Crippen molar-refractivity contribution < 1.29 is 23.7 Å². The third-order valence-electron chi connectivity index (χ3n) is 6.57. The van der Waals surface area contributed by atoms with E-state index < -0.39 is 0 Å². The zero-order valence-electron chi connectivity index (χ0n) is 20.6. The van der Waals surface area contributed by atoms with Crippen LogP contribution in [-0.2, 0) is 17.9 Å². The Bertz CT molecular complexity index is 1250. The summed E-state index contributed by atoms with van der Waals surface area (Å²) in [7, 11) is 1.60. The lowest BCUT2D eigenvalue weighted by atomic mass is 9.96. The molecule has 3 heterocycles. The maximum Gasteiger partial charge on any atom is 0.220 e. The van der Waals surface area contributed by atoms with E-state index in [0.29, 0.717) is 51.1 Å². The quantitative estimate of drug-likeness (QED) is 0.473. The minimum Gasteiger partial charge on any atom is -0.486 e. The highest BCUT2D eigenvalue weighted by Crippen LogP contribution is 2.36. The number of rotatable bonds is 9. The molecule has 3 aromatic rings. The second kappa shape index (κ2) is 10.9. The predicted molar refractivity (Wildman–Crippen MR) is 136 cm³/mol. The number of pyridine rings is 1. The van der Waals surface area contributed by atoms with Gasteiger partial charge in [0.25, 0.3) is 0 Å². The largest absolute Gasteiger partial charge is 0.486 e. The van der Waals surface area contributed by atoms with Crippen molar-refractivity contribution in [3.05, 3.63) is 65.2 Å². The summed E-state index contributed by atoms with van der Waals surface area (Å²) in [6.45, 7) is 4.94. The Hall–Kier alpha value is -3.78. The summed E-state index contributed by atoms with van der Waals surface area (Å²) in [5.41, 5.74) is 5.35. The van der Waals surface area contributed by atoms with Crippen LogP contribution in [0.3, 0.4) is 0 Å². The number of carbonyl (C=O) groups excluding carboxylic acids is 1. The van der Waals surface area contributed by atoms with Gasteiger partial charge >= 0.3 is 0 Å². The van der Waals surface area contributed by atoms with Crippen LogP contribution in [0.4, 0.5) is 0 Å². The van der Waals surface area contributed by atoms with E-state index >= 15 is 0 Å². The lowest BCUT2D eigenvalue weighted by Crippen LogP contribution is -2.35. The zero-order valence-corrected chi connectivity index (χ0v) is 20.6. The maximum atomic E-state index is 11.4. The van der Waals surface area contributed by atoms with Gasteiger partial charge in [-0.2, -0.15) is 4.98 Å². The van der Waals surface area contributed by atoms with Gasteiger partial charge in [0.1, 0.15) is 19.8 Å². The van der Waals surface area contributed by atoms with Crippen LogP contribution >= 0.6 is 0 Å². The lowest BCUT2D eigenvalue weighted by Gasteiger charge is -2.19. The average Bonchev–Trinajstić information content (AvgIpc) is 3.33. The summed E-state index contributed by atoms with van der Waals surface area (Å²) in [5.74, 6) is 2.71. The molecule has 0 radical (unpaired) electrons. The van der Waals surface area contributed by atoms with Crippen molar-refractivity contribution in [3.63, 3.8) is 0 Å². The molecule has 2 N–H and O–H groups in total. The first kappa shape index (κ1) is 23.9. The van der Waals surface area contributed by atoms with Gasteiger partial charge in [0.2, 0.25) is 17.7 Å². The van der Waals surface area contributed by atoms with Gasteiger partial charge in [0.05, 0.1) is 7.11 Å². The van der Waals surface area contributed by atoms with Gasteiger partial charge in [-0.1, -0.05) is 24.3 Å². The number of aromatic nitrogens is 1. The van der Waals surface area contributed by atoms with Gasteiger partial charge in [-0.05, 0) is 53.8 Å². The van der Waals surface area contributed by atoms with Crippen molar-refractivity contribution in [2.45, 2.75) is 39.0 Å². The third kappa shape index (κ3) is 5.39. The molecule has 0 bridgehead atoms. The fourth-order valence-corrected chi connectivity index (χ4v) is 4.57. The second-order valence-corrected chi connectivity index (χ2v) is 8.99. The van der Waals surface area contributed by atoms with Crippen LogP contribution in [-0.4, -0.2) is 43.8 Å². The number of ether oxygens (including phenoxy) is 4. The molecule has 0 spiro atoms. The Morgan fingerprint density at radius 3 is 2.75 bits per heavy atom. The van der Waals surface area contributed by atoms with Crippen molar-refractivity contribution in [2.24, 2.45) is 0 Å². The SMILES string of the molecule is COc1nc(OCc2cccc(-c3ccc4c(c3)OCCO4)c2C)ccc1CNC[C@@H]1CCC(=O)N1. The van der Waals surface area contributed by atoms with Crippen molar-refractivity contribution in [3.8, 4) is 34.4 Å². The summed E-state index contributed by atoms with van der Waals surface area (Å²) in [4.78, 5) is 15.9. The summed E-state index contributed by atoms with van der Waals surface area (Å²) >= 11 is 0. The smallest absolute Gasteiger partial charge is 0.220 e. The van der Waals surface area contributed by atoms with Gasteiger partial charge in [0, 0.05) is 37.2 Å². The molecule has 1 saturated heterocycles. The first-order valence-electron chi connectivity index (χ1n) is 12.3. The highest BCUT2D eigenvalue weighted by Gasteiger charge is 2.20.